The predicted molar refractivity (Wildman–Crippen MR) is 98.0 cm³/mol. The fourth-order valence-corrected chi connectivity index (χ4v) is 2.31. The lowest BCUT2D eigenvalue weighted by atomic mass is 10.2. The first-order chi connectivity index (χ1) is 12.1. The van der Waals surface area contributed by atoms with E-state index in [1.165, 1.54) is 13.5 Å². The Hall–Kier alpha value is -2.89. The van der Waals surface area contributed by atoms with Crippen molar-refractivity contribution in [2.75, 3.05) is 24.3 Å². The minimum Gasteiger partial charge on any atom is -0.465 e. The van der Waals surface area contributed by atoms with E-state index in [2.05, 4.69) is 27.3 Å². The number of nitrogens with zero attached hydrogens (tertiary/aromatic N) is 1. The van der Waals surface area contributed by atoms with Gasteiger partial charge in [-0.1, -0.05) is 25.8 Å². The molecule has 1 aromatic carbocycles. The van der Waals surface area contributed by atoms with E-state index in [1.54, 1.807) is 36.5 Å². The summed E-state index contributed by atoms with van der Waals surface area (Å²) in [5.74, 6) is -0.785. The molecular formula is C19H23N3O3. The van der Waals surface area contributed by atoms with E-state index in [-0.39, 0.29) is 5.91 Å². The molecule has 2 N–H and O–H groups in total. The summed E-state index contributed by atoms with van der Waals surface area (Å²) in [6, 6.07) is 10.1. The van der Waals surface area contributed by atoms with Gasteiger partial charge in [0.2, 0.25) is 0 Å². The summed E-state index contributed by atoms with van der Waals surface area (Å²) in [6.45, 7) is 3.02. The third-order valence-electron chi connectivity index (χ3n) is 3.64. The van der Waals surface area contributed by atoms with Gasteiger partial charge < -0.3 is 15.4 Å². The number of amides is 1. The van der Waals surface area contributed by atoms with Crippen molar-refractivity contribution in [3.05, 3.63) is 53.9 Å². The smallest absolute Gasteiger partial charge is 0.337 e. The standard InChI is InChI=1S/C19H23N3O3/c1-3-4-5-10-20-15-9-11-21-17(13-15)18(23)22-16-8-6-7-14(12-16)19(24)25-2/h6-9,11-13H,3-5,10H2,1-2H3,(H,20,21)(H,22,23). The van der Waals surface area contributed by atoms with Crippen LogP contribution in [0.3, 0.4) is 0 Å². The van der Waals surface area contributed by atoms with Gasteiger partial charge >= 0.3 is 5.97 Å². The van der Waals surface area contributed by atoms with Crippen molar-refractivity contribution in [3.8, 4) is 0 Å². The maximum Gasteiger partial charge on any atom is 0.337 e. The number of rotatable bonds is 8. The van der Waals surface area contributed by atoms with Crippen molar-refractivity contribution >= 4 is 23.3 Å². The number of benzene rings is 1. The van der Waals surface area contributed by atoms with Crippen LogP contribution < -0.4 is 10.6 Å². The molecule has 0 atom stereocenters. The van der Waals surface area contributed by atoms with Gasteiger partial charge in [0.05, 0.1) is 12.7 Å². The summed E-state index contributed by atoms with van der Waals surface area (Å²) in [7, 11) is 1.32. The third kappa shape index (κ3) is 5.60. The van der Waals surface area contributed by atoms with Crippen LogP contribution in [0, 0.1) is 0 Å². The molecule has 0 saturated carbocycles. The number of esters is 1. The normalized spacial score (nSPS) is 10.2. The van der Waals surface area contributed by atoms with Gasteiger partial charge in [0, 0.05) is 24.1 Å². The van der Waals surface area contributed by atoms with Crippen molar-refractivity contribution in [2.24, 2.45) is 0 Å². The van der Waals surface area contributed by atoms with Gasteiger partial charge in [-0.05, 0) is 36.8 Å². The van der Waals surface area contributed by atoms with Crippen LogP contribution in [-0.4, -0.2) is 30.5 Å². The fraction of sp³-hybridized carbons (Fsp3) is 0.316. The number of anilines is 2. The first kappa shape index (κ1) is 18.4. The number of unbranched alkanes of at least 4 members (excludes halogenated alkanes) is 2. The van der Waals surface area contributed by atoms with Crippen molar-refractivity contribution in [2.45, 2.75) is 26.2 Å². The summed E-state index contributed by atoms with van der Waals surface area (Å²) in [4.78, 5) is 28.0. The molecule has 1 amide bonds. The molecule has 2 rings (SSSR count). The molecule has 0 fully saturated rings. The molecule has 1 aromatic heterocycles. The molecule has 2 aromatic rings. The number of carbonyl (C=O) groups is 2. The van der Waals surface area contributed by atoms with Gasteiger partial charge in [-0.25, -0.2) is 4.79 Å². The van der Waals surface area contributed by atoms with Gasteiger partial charge in [0.25, 0.3) is 5.91 Å². The van der Waals surface area contributed by atoms with Crippen molar-refractivity contribution in [3.63, 3.8) is 0 Å². The highest BCUT2D eigenvalue weighted by Gasteiger charge is 2.11. The quantitative estimate of drug-likeness (QED) is 0.565. The lowest BCUT2D eigenvalue weighted by Crippen LogP contribution is -2.14. The molecule has 0 unspecified atom stereocenters. The van der Waals surface area contributed by atoms with E-state index >= 15 is 0 Å². The molecular weight excluding hydrogens is 318 g/mol. The zero-order valence-corrected chi connectivity index (χ0v) is 14.5. The number of pyridine rings is 1. The first-order valence-corrected chi connectivity index (χ1v) is 8.33. The molecule has 0 aliphatic heterocycles. The largest absolute Gasteiger partial charge is 0.465 e. The van der Waals surface area contributed by atoms with Crippen molar-refractivity contribution in [1.82, 2.24) is 4.98 Å². The molecule has 1 heterocycles. The SMILES string of the molecule is CCCCCNc1ccnc(C(=O)Nc2cccc(C(=O)OC)c2)c1. The Morgan fingerprint density at radius 1 is 1.12 bits per heavy atom. The van der Waals surface area contributed by atoms with E-state index in [0.717, 1.165) is 25.1 Å². The summed E-state index contributed by atoms with van der Waals surface area (Å²) < 4.78 is 4.68. The van der Waals surface area contributed by atoms with E-state index in [0.29, 0.717) is 16.9 Å². The molecule has 0 aliphatic carbocycles. The maximum absolute atomic E-state index is 12.4. The van der Waals surface area contributed by atoms with Crippen LogP contribution in [0.5, 0.6) is 0 Å². The van der Waals surface area contributed by atoms with Gasteiger partial charge in [0.15, 0.2) is 0 Å². The van der Waals surface area contributed by atoms with Crippen LogP contribution in [0.1, 0.15) is 47.0 Å². The molecule has 0 spiro atoms. The van der Waals surface area contributed by atoms with Crippen LogP contribution in [0.4, 0.5) is 11.4 Å². The molecule has 25 heavy (non-hydrogen) atoms. The van der Waals surface area contributed by atoms with Crippen LogP contribution in [-0.2, 0) is 4.74 Å². The molecule has 6 heteroatoms. The topological polar surface area (TPSA) is 80.3 Å². The minimum atomic E-state index is -0.451. The Kier molecular flexibility index (Phi) is 6.95. The highest BCUT2D eigenvalue weighted by atomic mass is 16.5. The summed E-state index contributed by atoms with van der Waals surface area (Å²) in [5.41, 5.74) is 2.05. The molecule has 0 radical (unpaired) electrons. The van der Waals surface area contributed by atoms with Crippen LogP contribution in [0.25, 0.3) is 0 Å². The molecule has 0 aliphatic rings. The lowest BCUT2D eigenvalue weighted by molar-refractivity contribution is 0.0600. The second-order valence-corrected chi connectivity index (χ2v) is 5.59. The Morgan fingerprint density at radius 2 is 1.96 bits per heavy atom. The zero-order valence-electron chi connectivity index (χ0n) is 14.5. The number of ether oxygens (including phenoxy) is 1. The zero-order chi connectivity index (χ0) is 18.1. The summed E-state index contributed by atoms with van der Waals surface area (Å²) >= 11 is 0. The number of methoxy groups -OCH3 is 1. The van der Waals surface area contributed by atoms with E-state index in [4.69, 9.17) is 0 Å². The Labute approximate surface area is 147 Å². The van der Waals surface area contributed by atoms with Crippen LogP contribution >= 0.6 is 0 Å². The lowest BCUT2D eigenvalue weighted by Gasteiger charge is -2.09. The van der Waals surface area contributed by atoms with E-state index in [1.807, 2.05) is 6.07 Å². The monoisotopic (exact) mass is 341 g/mol. The number of hydrogen-bond donors (Lipinski definition) is 2. The van der Waals surface area contributed by atoms with Crippen molar-refractivity contribution in [1.29, 1.82) is 0 Å². The second-order valence-electron chi connectivity index (χ2n) is 5.59. The highest BCUT2D eigenvalue weighted by molar-refractivity contribution is 6.04. The van der Waals surface area contributed by atoms with E-state index < -0.39 is 5.97 Å². The maximum atomic E-state index is 12.4. The van der Waals surface area contributed by atoms with Gasteiger partial charge in [-0.15, -0.1) is 0 Å². The van der Waals surface area contributed by atoms with E-state index in [9.17, 15) is 9.59 Å². The van der Waals surface area contributed by atoms with Gasteiger partial charge in [-0.3, -0.25) is 9.78 Å². The van der Waals surface area contributed by atoms with Gasteiger partial charge in [-0.2, -0.15) is 0 Å². The Bertz CT molecular complexity index is 731. The fourth-order valence-electron chi connectivity index (χ4n) is 2.31. The summed E-state index contributed by atoms with van der Waals surface area (Å²) in [6.07, 6.45) is 5.01. The molecule has 0 bridgehead atoms. The average Bonchev–Trinajstić information content (AvgIpc) is 2.65. The number of hydrogen-bond acceptors (Lipinski definition) is 5. The first-order valence-electron chi connectivity index (χ1n) is 8.33. The number of aromatic nitrogens is 1. The molecule has 6 nitrogen and oxygen atoms in total. The van der Waals surface area contributed by atoms with Crippen LogP contribution in [0.2, 0.25) is 0 Å². The minimum absolute atomic E-state index is 0.309. The number of nitrogens with one attached hydrogen (secondary N) is 2. The second kappa shape index (κ2) is 9.42. The summed E-state index contributed by atoms with van der Waals surface area (Å²) in [5, 5.41) is 6.03. The Balaban J connectivity index is 2.02. The average molecular weight is 341 g/mol. The molecule has 132 valence electrons. The number of carbonyl (C=O) groups excluding carboxylic acids is 2. The van der Waals surface area contributed by atoms with Gasteiger partial charge in [0.1, 0.15) is 5.69 Å². The third-order valence-corrected chi connectivity index (χ3v) is 3.64. The van der Waals surface area contributed by atoms with Crippen molar-refractivity contribution < 1.29 is 14.3 Å². The molecule has 0 saturated heterocycles. The highest BCUT2D eigenvalue weighted by Crippen LogP contribution is 2.14. The van der Waals surface area contributed by atoms with Crippen LogP contribution in [0.15, 0.2) is 42.6 Å². The Morgan fingerprint density at radius 3 is 2.72 bits per heavy atom. The predicted octanol–water partition coefficient (Wildman–Crippen LogP) is 3.72.